The summed E-state index contributed by atoms with van der Waals surface area (Å²) in [5.74, 6) is 1.06. The van der Waals surface area contributed by atoms with Crippen LogP contribution in [0.5, 0.6) is 11.5 Å². The summed E-state index contributed by atoms with van der Waals surface area (Å²) in [6.07, 6.45) is 0. The number of nitrogens with zero attached hydrogens (tertiary/aromatic N) is 2. The Morgan fingerprint density at radius 1 is 1.10 bits per heavy atom. The summed E-state index contributed by atoms with van der Waals surface area (Å²) in [5, 5.41) is 5.23. The lowest BCUT2D eigenvalue weighted by Crippen LogP contribution is -2.05. The Kier molecular flexibility index (Phi) is 5.33. The van der Waals surface area contributed by atoms with Gasteiger partial charge in [-0.15, -0.1) is 0 Å². The Hall–Kier alpha value is -3.52. The van der Waals surface area contributed by atoms with Crippen molar-refractivity contribution in [1.82, 2.24) is 10.1 Å². The van der Waals surface area contributed by atoms with E-state index in [0.29, 0.717) is 39.1 Å². The molecular formula is C21H17ClN2O6. The number of rotatable bonds is 6. The van der Waals surface area contributed by atoms with Crippen molar-refractivity contribution in [3.63, 3.8) is 0 Å². The molecule has 154 valence electrons. The molecule has 0 radical (unpaired) electrons. The van der Waals surface area contributed by atoms with Gasteiger partial charge in [-0.2, -0.15) is 4.98 Å². The molecule has 0 aliphatic heterocycles. The van der Waals surface area contributed by atoms with Gasteiger partial charge in [-0.05, 0) is 43.3 Å². The average Bonchev–Trinajstić information content (AvgIpc) is 3.36. The van der Waals surface area contributed by atoms with E-state index in [1.807, 2.05) is 0 Å². The minimum Gasteiger partial charge on any atom is -0.493 e. The Labute approximate surface area is 176 Å². The van der Waals surface area contributed by atoms with Gasteiger partial charge in [0, 0.05) is 21.5 Å². The monoisotopic (exact) mass is 428 g/mol. The normalized spacial score (nSPS) is 10.9. The summed E-state index contributed by atoms with van der Waals surface area (Å²) in [4.78, 5) is 16.7. The lowest BCUT2D eigenvalue weighted by Gasteiger charge is -2.07. The first-order valence-electron chi connectivity index (χ1n) is 8.91. The van der Waals surface area contributed by atoms with Gasteiger partial charge in [0.2, 0.25) is 11.6 Å². The molecule has 0 spiro atoms. The molecular weight excluding hydrogens is 412 g/mol. The third kappa shape index (κ3) is 3.69. The van der Waals surface area contributed by atoms with Crippen molar-refractivity contribution in [1.29, 1.82) is 0 Å². The molecule has 9 heteroatoms. The molecule has 2 aromatic carbocycles. The molecule has 0 amide bonds. The first kappa shape index (κ1) is 19.8. The van der Waals surface area contributed by atoms with Gasteiger partial charge in [0.1, 0.15) is 5.58 Å². The molecule has 0 unspecified atom stereocenters. The van der Waals surface area contributed by atoms with E-state index in [4.69, 9.17) is 34.8 Å². The smallest absolute Gasteiger partial charge is 0.375 e. The highest BCUT2D eigenvalue weighted by Crippen LogP contribution is 2.31. The van der Waals surface area contributed by atoms with Crippen LogP contribution < -0.4 is 9.47 Å². The number of carbonyl (C=O) groups is 1. The quantitative estimate of drug-likeness (QED) is 0.403. The number of ether oxygens (including phenoxy) is 3. The van der Waals surface area contributed by atoms with Crippen LogP contribution in [0.1, 0.15) is 22.0 Å². The number of hydrogen-bond acceptors (Lipinski definition) is 8. The fraction of sp³-hybridized carbons (Fsp3) is 0.190. The zero-order chi connectivity index (χ0) is 21.3. The van der Waals surface area contributed by atoms with Crippen LogP contribution in [0, 0.1) is 6.92 Å². The molecule has 0 saturated heterocycles. The highest BCUT2D eigenvalue weighted by atomic mass is 35.5. The van der Waals surface area contributed by atoms with E-state index in [0.717, 1.165) is 5.39 Å². The highest BCUT2D eigenvalue weighted by molar-refractivity contribution is 6.31. The van der Waals surface area contributed by atoms with Gasteiger partial charge < -0.3 is 23.2 Å². The van der Waals surface area contributed by atoms with E-state index in [1.165, 1.54) is 7.11 Å². The van der Waals surface area contributed by atoms with Crippen LogP contribution in [-0.4, -0.2) is 30.3 Å². The van der Waals surface area contributed by atoms with Gasteiger partial charge >= 0.3 is 5.97 Å². The SMILES string of the molecule is COc1ccc(-c2noc(COC(=O)c3oc4ccc(Cl)cc4c3C)n2)cc1OC. The number of fused-ring (bicyclic) bond motifs is 1. The zero-order valence-corrected chi connectivity index (χ0v) is 17.1. The summed E-state index contributed by atoms with van der Waals surface area (Å²) in [7, 11) is 3.09. The van der Waals surface area contributed by atoms with Crippen LogP contribution in [0.2, 0.25) is 5.02 Å². The average molecular weight is 429 g/mol. The molecule has 2 aromatic heterocycles. The van der Waals surface area contributed by atoms with E-state index < -0.39 is 5.97 Å². The third-order valence-corrected chi connectivity index (χ3v) is 4.76. The first-order chi connectivity index (χ1) is 14.5. The lowest BCUT2D eigenvalue weighted by molar-refractivity contribution is 0.0395. The number of hydrogen-bond donors (Lipinski definition) is 0. The van der Waals surface area contributed by atoms with Crippen LogP contribution in [0.25, 0.3) is 22.4 Å². The minimum absolute atomic E-state index is 0.104. The molecule has 0 atom stereocenters. The Bertz CT molecular complexity index is 1230. The van der Waals surface area contributed by atoms with Gasteiger partial charge in [-0.3, -0.25) is 0 Å². The summed E-state index contributed by atoms with van der Waals surface area (Å²) in [5.41, 5.74) is 1.87. The number of aromatic nitrogens is 2. The van der Waals surface area contributed by atoms with Crippen molar-refractivity contribution in [2.75, 3.05) is 14.2 Å². The first-order valence-corrected chi connectivity index (χ1v) is 9.28. The van der Waals surface area contributed by atoms with Gasteiger partial charge in [0.05, 0.1) is 14.2 Å². The maximum atomic E-state index is 12.5. The van der Waals surface area contributed by atoms with Crippen molar-refractivity contribution in [3.8, 4) is 22.9 Å². The van der Waals surface area contributed by atoms with Crippen molar-refractivity contribution < 1.29 is 27.9 Å². The number of benzene rings is 2. The number of aryl methyl sites for hydroxylation is 1. The Balaban J connectivity index is 1.48. The number of carbonyl (C=O) groups excluding carboxylic acids is 1. The summed E-state index contributed by atoms with van der Waals surface area (Å²) in [6, 6.07) is 10.4. The summed E-state index contributed by atoms with van der Waals surface area (Å²) in [6.45, 7) is 1.57. The van der Waals surface area contributed by atoms with Gasteiger partial charge in [0.15, 0.2) is 18.1 Å². The molecule has 0 aliphatic rings. The number of methoxy groups -OCH3 is 2. The standard InChI is InChI=1S/C21H17ClN2O6/c1-11-14-9-13(22)5-7-15(14)29-19(11)21(25)28-10-18-23-20(24-30-18)12-4-6-16(26-2)17(8-12)27-3/h4-9H,10H2,1-3H3. The van der Waals surface area contributed by atoms with E-state index >= 15 is 0 Å². The maximum absolute atomic E-state index is 12.5. The Morgan fingerprint density at radius 3 is 2.67 bits per heavy atom. The fourth-order valence-electron chi connectivity index (χ4n) is 2.99. The molecule has 4 aromatic rings. The van der Waals surface area contributed by atoms with E-state index in [1.54, 1.807) is 50.4 Å². The van der Waals surface area contributed by atoms with Crippen LogP contribution in [0.3, 0.4) is 0 Å². The Morgan fingerprint density at radius 2 is 1.90 bits per heavy atom. The second-order valence-corrected chi connectivity index (χ2v) is 6.79. The minimum atomic E-state index is -0.634. The predicted molar refractivity (Wildman–Crippen MR) is 108 cm³/mol. The fourth-order valence-corrected chi connectivity index (χ4v) is 3.16. The molecule has 0 aliphatic carbocycles. The van der Waals surface area contributed by atoms with Crippen molar-refractivity contribution >= 4 is 28.5 Å². The summed E-state index contributed by atoms with van der Waals surface area (Å²) < 4.78 is 26.6. The molecule has 0 fully saturated rings. The molecule has 0 bridgehead atoms. The number of furan rings is 1. The maximum Gasteiger partial charge on any atom is 0.375 e. The van der Waals surface area contributed by atoms with Gasteiger partial charge in [-0.1, -0.05) is 16.8 Å². The van der Waals surface area contributed by atoms with Crippen molar-refractivity contribution in [2.24, 2.45) is 0 Å². The summed E-state index contributed by atoms with van der Waals surface area (Å²) >= 11 is 6.01. The van der Waals surface area contributed by atoms with Crippen LogP contribution in [-0.2, 0) is 11.3 Å². The van der Waals surface area contributed by atoms with Crippen LogP contribution in [0.4, 0.5) is 0 Å². The molecule has 0 saturated carbocycles. The van der Waals surface area contributed by atoms with Gasteiger partial charge in [0.25, 0.3) is 5.89 Å². The highest BCUT2D eigenvalue weighted by Gasteiger charge is 2.21. The zero-order valence-electron chi connectivity index (χ0n) is 16.4. The molecule has 30 heavy (non-hydrogen) atoms. The van der Waals surface area contributed by atoms with Crippen LogP contribution >= 0.6 is 11.6 Å². The second-order valence-electron chi connectivity index (χ2n) is 6.35. The third-order valence-electron chi connectivity index (χ3n) is 4.52. The number of esters is 1. The lowest BCUT2D eigenvalue weighted by atomic mass is 10.1. The molecule has 0 N–H and O–H groups in total. The van der Waals surface area contributed by atoms with E-state index in [2.05, 4.69) is 10.1 Å². The van der Waals surface area contributed by atoms with Gasteiger partial charge in [-0.25, -0.2) is 4.79 Å². The van der Waals surface area contributed by atoms with Crippen molar-refractivity contribution in [3.05, 3.63) is 58.6 Å². The topological polar surface area (TPSA) is 96.8 Å². The molecule has 2 heterocycles. The number of halogens is 1. The van der Waals surface area contributed by atoms with Crippen LogP contribution in [0.15, 0.2) is 45.3 Å². The van der Waals surface area contributed by atoms with E-state index in [-0.39, 0.29) is 18.3 Å². The van der Waals surface area contributed by atoms with E-state index in [9.17, 15) is 4.79 Å². The molecule has 4 rings (SSSR count). The second kappa shape index (κ2) is 8.08. The van der Waals surface area contributed by atoms with Crippen molar-refractivity contribution in [2.45, 2.75) is 13.5 Å². The predicted octanol–water partition coefficient (Wildman–Crippen LogP) is 4.82. The molecule has 8 nitrogen and oxygen atoms in total. The largest absolute Gasteiger partial charge is 0.493 e.